The fourth-order valence-corrected chi connectivity index (χ4v) is 3.58. The number of rotatable bonds is 6. The number of fused-ring (bicyclic) bond motifs is 1. The van der Waals surface area contributed by atoms with Gasteiger partial charge in [0.15, 0.2) is 11.5 Å². The minimum atomic E-state index is -0.293. The summed E-state index contributed by atoms with van der Waals surface area (Å²) in [6.45, 7) is 8.19. The summed E-state index contributed by atoms with van der Waals surface area (Å²) in [5.41, 5.74) is 3.93. The third kappa shape index (κ3) is 3.66. The molecular formula is C21H24N8O. The highest BCUT2D eigenvalue weighted by Crippen LogP contribution is 2.25. The van der Waals surface area contributed by atoms with E-state index >= 15 is 0 Å². The highest BCUT2D eigenvalue weighted by atomic mass is 16.1. The van der Waals surface area contributed by atoms with Crippen molar-refractivity contribution in [2.24, 2.45) is 5.92 Å². The number of nitrogens with one attached hydrogen (secondary N) is 1. The number of amides is 1. The van der Waals surface area contributed by atoms with Crippen LogP contribution in [0.3, 0.4) is 0 Å². The predicted molar refractivity (Wildman–Crippen MR) is 111 cm³/mol. The lowest BCUT2D eigenvalue weighted by Gasteiger charge is -2.21. The van der Waals surface area contributed by atoms with Gasteiger partial charge in [-0.2, -0.15) is 4.68 Å². The van der Waals surface area contributed by atoms with E-state index in [9.17, 15) is 4.79 Å². The second kappa shape index (κ2) is 8.02. The van der Waals surface area contributed by atoms with Crippen LogP contribution in [0.5, 0.6) is 0 Å². The molecule has 3 aromatic heterocycles. The zero-order chi connectivity index (χ0) is 21.3. The van der Waals surface area contributed by atoms with Crippen molar-refractivity contribution >= 4 is 11.6 Å². The molecule has 0 bridgehead atoms. The summed E-state index contributed by atoms with van der Waals surface area (Å²) in [6.07, 6.45) is 4.13. The Bertz CT molecular complexity index is 1180. The van der Waals surface area contributed by atoms with E-state index in [1.54, 1.807) is 0 Å². The zero-order valence-electron chi connectivity index (χ0n) is 17.4. The van der Waals surface area contributed by atoms with Crippen molar-refractivity contribution in [3.8, 4) is 5.69 Å². The number of benzene rings is 1. The molecule has 154 valence electrons. The quantitative estimate of drug-likeness (QED) is 0.530. The molecule has 0 aliphatic rings. The van der Waals surface area contributed by atoms with Crippen molar-refractivity contribution in [2.75, 3.05) is 0 Å². The topological polar surface area (TPSA) is 103 Å². The third-order valence-corrected chi connectivity index (χ3v) is 5.19. The van der Waals surface area contributed by atoms with Crippen LogP contribution in [0.1, 0.15) is 53.6 Å². The van der Waals surface area contributed by atoms with E-state index in [1.165, 1.54) is 11.0 Å². The maximum Gasteiger partial charge on any atom is 0.254 e. The van der Waals surface area contributed by atoms with Crippen LogP contribution in [-0.4, -0.2) is 40.7 Å². The van der Waals surface area contributed by atoms with Gasteiger partial charge in [0.2, 0.25) is 0 Å². The van der Waals surface area contributed by atoms with Gasteiger partial charge in [-0.1, -0.05) is 26.0 Å². The van der Waals surface area contributed by atoms with Crippen LogP contribution < -0.4 is 5.32 Å². The molecule has 0 saturated carbocycles. The lowest BCUT2D eigenvalue weighted by molar-refractivity contribution is 0.0929. The van der Waals surface area contributed by atoms with Crippen LogP contribution >= 0.6 is 0 Å². The Balaban J connectivity index is 1.73. The Morgan fingerprint density at radius 3 is 2.70 bits per heavy atom. The Morgan fingerprint density at radius 1 is 1.13 bits per heavy atom. The van der Waals surface area contributed by atoms with E-state index in [2.05, 4.69) is 44.9 Å². The average molecular weight is 404 g/mol. The van der Waals surface area contributed by atoms with Crippen LogP contribution in [-0.2, 0) is 0 Å². The number of hydrogen-bond acceptors (Lipinski definition) is 6. The van der Waals surface area contributed by atoms with Crippen LogP contribution in [0.2, 0.25) is 0 Å². The lowest BCUT2D eigenvalue weighted by atomic mass is 10.00. The first-order valence-corrected chi connectivity index (χ1v) is 9.89. The summed E-state index contributed by atoms with van der Waals surface area (Å²) in [5, 5.41) is 23.2. The maximum atomic E-state index is 13.4. The molecule has 0 spiro atoms. The minimum Gasteiger partial charge on any atom is -0.342 e. The van der Waals surface area contributed by atoms with E-state index < -0.39 is 0 Å². The summed E-state index contributed by atoms with van der Waals surface area (Å²) in [5.74, 6) is 0.854. The van der Waals surface area contributed by atoms with Crippen LogP contribution in [0.25, 0.3) is 11.3 Å². The molecule has 1 unspecified atom stereocenters. The van der Waals surface area contributed by atoms with Crippen molar-refractivity contribution in [1.29, 1.82) is 0 Å². The summed E-state index contributed by atoms with van der Waals surface area (Å²) < 4.78 is 3.44. The van der Waals surface area contributed by atoms with Gasteiger partial charge in [-0.3, -0.25) is 9.20 Å². The average Bonchev–Trinajstić information content (AvgIpc) is 3.38. The third-order valence-electron chi connectivity index (χ3n) is 5.19. The van der Waals surface area contributed by atoms with E-state index in [1.807, 2.05) is 54.8 Å². The van der Waals surface area contributed by atoms with E-state index in [4.69, 9.17) is 0 Å². The first kappa shape index (κ1) is 19.7. The largest absolute Gasteiger partial charge is 0.342 e. The van der Waals surface area contributed by atoms with Crippen LogP contribution in [0, 0.1) is 19.8 Å². The van der Waals surface area contributed by atoms with Gasteiger partial charge in [0.25, 0.3) is 5.91 Å². The number of carbonyl (C=O) groups excluding carboxylic acids is 1. The van der Waals surface area contributed by atoms with Gasteiger partial charge < -0.3 is 5.32 Å². The number of hydrogen-bond donors (Lipinski definition) is 1. The van der Waals surface area contributed by atoms with E-state index in [0.717, 1.165) is 23.2 Å². The second-order valence-electron chi connectivity index (χ2n) is 7.80. The van der Waals surface area contributed by atoms with Crippen molar-refractivity contribution in [3.05, 3.63) is 65.4 Å². The Labute approximate surface area is 174 Å². The number of carbonyl (C=O) groups is 1. The lowest BCUT2D eigenvalue weighted by Crippen LogP contribution is -2.32. The molecule has 0 aliphatic carbocycles. The second-order valence-corrected chi connectivity index (χ2v) is 7.80. The molecule has 1 aromatic carbocycles. The summed E-state index contributed by atoms with van der Waals surface area (Å²) >= 11 is 0. The van der Waals surface area contributed by atoms with Gasteiger partial charge in [0, 0.05) is 6.20 Å². The fourth-order valence-electron chi connectivity index (χ4n) is 3.58. The number of aromatic nitrogens is 7. The molecule has 0 saturated heterocycles. The number of aryl methyl sites for hydroxylation is 1. The van der Waals surface area contributed by atoms with Gasteiger partial charge in [0.1, 0.15) is 6.33 Å². The number of pyridine rings is 1. The molecule has 3 heterocycles. The van der Waals surface area contributed by atoms with Crippen molar-refractivity contribution in [1.82, 2.24) is 40.1 Å². The molecule has 1 amide bonds. The van der Waals surface area contributed by atoms with Gasteiger partial charge in [-0.05, 0) is 65.9 Å². The fraction of sp³-hybridized carbons (Fsp3) is 0.333. The standard InChI is InChI=1S/C21H24N8O/c1-13(2)11-17(20-25-24-18-7-5-6-10-28(18)20)23-21(30)16-9-8-14(3)15(4)19(16)29-12-22-26-27-29/h5-10,12-13,17H,11H2,1-4H3,(H,23,30). The first-order valence-electron chi connectivity index (χ1n) is 9.89. The molecule has 1 N–H and O–H groups in total. The Morgan fingerprint density at radius 2 is 1.97 bits per heavy atom. The van der Waals surface area contributed by atoms with Gasteiger partial charge in [-0.25, -0.2) is 0 Å². The monoisotopic (exact) mass is 404 g/mol. The molecule has 1 atom stereocenters. The normalized spacial score (nSPS) is 12.4. The molecule has 4 aromatic rings. The van der Waals surface area contributed by atoms with Gasteiger partial charge in [-0.15, -0.1) is 15.3 Å². The predicted octanol–water partition coefficient (Wildman–Crippen LogP) is 2.84. The van der Waals surface area contributed by atoms with Gasteiger partial charge in [0.05, 0.1) is 17.3 Å². The molecule has 30 heavy (non-hydrogen) atoms. The SMILES string of the molecule is Cc1ccc(C(=O)NC(CC(C)C)c2nnc3ccccn23)c(-n2cnnn2)c1C. The van der Waals surface area contributed by atoms with Crippen LogP contribution in [0.4, 0.5) is 0 Å². The highest BCUT2D eigenvalue weighted by Gasteiger charge is 2.25. The van der Waals surface area contributed by atoms with Crippen molar-refractivity contribution in [3.63, 3.8) is 0 Å². The molecule has 0 radical (unpaired) electrons. The molecule has 4 rings (SSSR count). The van der Waals surface area contributed by atoms with E-state index in [-0.39, 0.29) is 11.9 Å². The number of tetrazole rings is 1. The maximum absolute atomic E-state index is 13.4. The first-order chi connectivity index (χ1) is 14.5. The molecule has 0 aliphatic heterocycles. The Hall–Kier alpha value is -3.62. The van der Waals surface area contributed by atoms with Gasteiger partial charge >= 0.3 is 0 Å². The number of nitrogens with zero attached hydrogens (tertiary/aromatic N) is 7. The molecule has 9 heteroatoms. The molecule has 0 fully saturated rings. The summed E-state index contributed by atoms with van der Waals surface area (Å²) in [4.78, 5) is 13.4. The van der Waals surface area contributed by atoms with E-state index in [0.29, 0.717) is 23.0 Å². The highest BCUT2D eigenvalue weighted by molar-refractivity contribution is 5.98. The Kier molecular flexibility index (Phi) is 5.26. The molecular weight excluding hydrogens is 380 g/mol. The van der Waals surface area contributed by atoms with Crippen LogP contribution in [0.15, 0.2) is 42.9 Å². The summed E-state index contributed by atoms with van der Waals surface area (Å²) in [7, 11) is 0. The molecule has 9 nitrogen and oxygen atoms in total. The summed E-state index contributed by atoms with van der Waals surface area (Å²) in [6, 6.07) is 9.18. The van der Waals surface area contributed by atoms with Crippen molar-refractivity contribution in [2.45, 2.75) is 40.2 Å². The van der Waals surface area contributed by atoms with Crippen molar-refractivity contribution < 1.29 is 4.79 Å². The minimum absolute atomic E-state index is 0.207. The zero-order valence-corrected chi connectivity index (χ0v) is 17.4. The smallest absolute Gasteiger partial charge is 0.254 e.